The number of benzene rings is 3. The first kappa shape index (κ1) is 40.9. The van der Waals surface area contributed by atoms with E-state index in [2.05, 4.69) is 102 Å². The lowest BCUT2D eigenvalue weighted by Gasteiger charge is -2.31. The van der Waals surface area contributed by atoms with Gasteiger partial charge < -0.3 is 37.3 Å². The molecule has 13 heteroatoms. The van der Waals surface area contributed by atoms with Crippen LogP contribution in [0.4, 0.5) is 20.2 Å². The number of nitrogens with one attached hydrogen (secondary N) is 4. The Hall–Kier alpha value is -5.27. The Kier molecular flexibility index (Phi) is 13.3. The molecule has 0 amide bonds. The van der Waals surface area contributed by atoms with Gasteiger partial charge in [0.1, 0.15) is 17.3 Å². The van der Waals surface area contributed by atoms with E-state index in [-0.39, 0.29) is 22.5 Å². The minimum atomic E-state index is -0.572. The van der Waals surface area contributed by atoms with Crippen LogP contribution >= 0.6 is 0 Å². The average Bonchev–Trinajstić information content (AvgIpc) is 3.56. The van der Waals surface area contributed by atoms with Crippen molar-refractivity contribution >= 4 is 28.4 Å². The van der Waals surface area contributed by atoms with Crippen molar-refractivity contribution in [1.29, 1.82) is 0 Å². The first-order valence-corrected chi connectivity index (χ1v) is 18.8. The minimum absolute atomic E-state index is 0.0315. The third-order valence-corrected chi connectivity index (χ3v) is 9.35. The third-order valence-electron chi connectivity index (χ3n) is 9.35. The number of aromatic nitrogens is 3. The Bertz CT molecular complexity index is 2100. The van der Waals surface area contributed by atoms with Crippen LogP contribution in [0.5, 0.6) is 0 Å². The van der Waals surface area contributed by atoms with Gasteiger partial charge in [-0.05, 0) is 77.5 Å². The van der Waals surface area contributed by atoms with Crippen molar-refractivity contribution in [2.24, 2.45) is 16.5 Å². The highest BCUT2D eigenvalue weighted by Gasteiger charge is 2.19. The fourth-order valence-electron chi connectivity index (χ4n) is 6.18. The summed E-state index contributed by atoms with van der Waals surface area (Å²) in [6, 6.07) is 20.0. The average molecular weight is 755 g/mol. The molecular weight excluding hydrogens is 699 g/mol. The molecule has 55 heavy (non-hydrogen) atoms. The van der Waals surface area contributed by atoms with Gasteiger partial charge in [-0.2, -0.15) is 4.98 Å². The molecule has 3 aromatic carbocycles. The molecule has 1 fully saturated rings. The summed E-state index contributed by atoms with van der Waals surface area (Å²) in [5, 5.41) is 10.8. The molecule has 0 atom stereocenters. The van der Waals surface area contributed by atoms with Crippen molar-refractivity contribution in [3.63, 3.8) is 0 Å². The van der Waals surface area contributed by atoms with E-state index in [1.807, 2.05) is 30.5 Å². The van der Waals surface area contributed by atoms with Gasteiger partial charge in [0.2, 0.25) is 0 Å². The van der Waals surface area contributed by atoms with E-state index < -0.39 is 11.6 Å². The number of anilines is 2. The zero-order valence-electron chi connectivity index (χ0n) is 32.9. The highest BCUT2D eigenvalue weighted by atomic mass is 19.1. The molecule has 0 unspecified atom stereocenters. The maximum Gasteiger partial charge on any atom is 0.354 e. The van der Waals surface area contributed by atoms with Gasteiger partial charge in [-0.25, -0.2) is 13.6 Å². The highest BCUT2D eigenvalue weighted by molar-refractivity contribution is 5.76. The number of H-pyrrole nitrogens is 1. The first-order valence-electron chi connectivity index (χ1n) is 18.8. The van der Waals surface area contributed by atoms with Crippen LogP contribution in [-0.4, -0.2) is 59.8 Å². The molecule has 3 heterocycles. The molecule has 0 radical (unpaired) electrons. The lowest BCUT2D eigenvalue weighted by molar-refractivity contribution is 0.574. The molecule has 294 valence electrons. The molecule has 1 aliphatic heterocycles. The SMILES string of the molecule is CC(C)(C)c1cc(CNc2cc(F)cc(F)c2)cc(N2CCNCC2)c1.CC(C)(C)c1cc2cn(-c3ccc(CNCCCN=C(N)N)cc3)c(=O)nc2[nH]1. The Balaban J connectivity index is 0.000000212. The number of aliphatic imine (C=N–C) groups is 1. The summed E-state index contributed by atoms with van der Waals surface area (Å²) < 4.78 is 28.4. The second-order valence-electron chi connectivity index (χ2n) is 16.0. The van der Waals surface area contributed by atoms with Crippen molar-refractivity contribution in [1.82, 2.24) is 25.2 Å². The van der Waals surface area contributed by atoms with Crippen LogP contribution in [0, 0.1) is 11.6 Å². The zero-order valence-corrected chi connectivity index (χ0v) is 32.9. The third kappa shape index (κ3) is 11.9. The van der Waals surface area contributed by atoms with E-state index in [1.165, 1.54) is 23.4 Å². The Morgan fingerprint density at radius 2 is 1.55 bits per heavy atom. The monoisotopic (exact) mass is 754 g/mol. The maximum absolute atomic E-state index is 13.4. The van der Waals surface area contributed by atoms with Crippen molar-refractivity contribution in [3.8, 4) is 5.69 Å². The molecule has 1 saturated heterocycles. The summed E-state index contributed by atoms with van der Waals surface area (Å²) in [5.41, 5.74) is 17.9. The topological polar surface area (TPSA) is 154 Å². The number of guanidine groups is 1. The van der Waals surface area contributed by atoms with Crippen LogP contribution in [0.15, 0.2) is 82.7 Å². The van der Waals surface area contributed by atoms with Crippen LogP contribution in [0.1, 0.15) is 70.3 Å². The minimum Gasteiger partial charge on any atom is -0.381 e. The van der Waals surface area contributed by atoms with Gasteiger partial charge in [-0.3, -0.25) is 9.56 Å². The van der Waals surface area contributed by atoms with Crippen LogP contribution in [0.2, 0.25) is 0 Å². The van der Waals surface area contributed by atoms with Gasteiger partial charge in [0.05, 0.1) is 5.69 Å². The largest absolute Gasteiger partial charge is 0.381 e. The molecule has 0 aliphatic carbocycles. The van der Waals surface area contributed by atoms with E-state index in [4.69, 9.17) is 11.5 Å². The number of halogens is 2. The lowest BCUT2D eigenvalue weighted by Crippen LogP contribution is -2.43. The van der Waals surface area contributed by atoms with E-state index in [1.54, 1.807) is 4.57 Å². The summed E-state index contributed by atoms with van der Waals surface area (Å²) in [7, 11) is 0. The fourth-order valence-corrected chi connectivity index (χ4v) is 6.18. The Morgan fingerprint density at radius 3 is 2.18 bits per heavy atom. The number of nitrogens with two attached hydrogens (primary N) is 2. The fraction of sp³-hybridized carbons (Fsp3) is 0.405. The number of fused-ring (bicyclic) bond motifs is 1. The van der Waals surface area contributed by atoms with E-state index in [0.29, 0.717) is 24.4 Å². The first-order chi connectivity index (χ1) is 26.0. The van der Waals surface area contributed by atoms with Gasteiger partial charge in [-0.15, -0.1) is 0 Å². The quantitative estimate of drug-likeness (QED) is 0.0542. The van der Waals surface area contributed by atoms with Gasteiger partial charge in [-0.1, -0.05) is 59.7 Å². The van der Waals surface area contributed by atoms with Crippen LogP contribution in [-0.2, 0) is 23.9 Å². The number of aromatic amines is 1. The van der Waals surface area contributed by atoms with Crippen LogP contribution in [0.3, 0.4) is 0 Å². The number of hydrogen-bond donors (Lipinski definition) is 6. The summed E-state index contributed by atoms with van der Waals surface area (Å²) in [6.07, 6.45) is 2.71. The molecule has 1 aliphatic rings. The second-order valence-corrected chi connectivity index (χ2v) is 16.0. The molecule has 2 aromatic heterocycles. The van der Waals surface area contributed by atoms with E-state index in [0.717, 1.165) is 79.7 Å². The van der Waals surface area contributed by atoms with Gasteiger partial charge in [0.25, 0.3) is 0 Å². The van der Waals surface area contributed by atoms with Crippen molar-refractivity contribution in [2.75, 3.05) is 49.5 Å². The number of nitrogens with zero attached hydrogens (tertiary/aromatic N) is 4. The Morgan fingerprint density at radius 1 is 0.855 bits per heavy atom. The van der Waals surface area contributed by atoms with Crippen molar-refractivity contribution in [3.05, 3.63) is 117 Å². The van der Waals surface area contributed by atoms with Crippen molar-refractivity contribution < 1.29 is 8.78 Å². The molecular formula is C42H56F2N10O. The lowest BCUT2D eigenvalue weighted by atomic mass is 9.85. The predicted octanol–water partition coefficient (Wildman–Crippen LogP) is 6.05. The normalized spacial score (nSPS) is 13.3. The molecule has 0 bridgehead atoms. The molecule has 11 nitrogen and oxygen atoms in total. The smallest absolute Gasteiger partial charge is 0.354 e. The number of hydrogen-bond acceptors (Lipinski definition) is 7. The van der Waals surface area contributed by atoms with E-state index in [9.17, 15) is 13.6 Å². The summed E-state index contributed by atoms with van der Waals surface area (Å²) >= 11 is 0. The summed E-state index contributed by atoms with van der Waals surface area (Å²) in [4.78, 5) is 26.3. The molecule has 6 rings (SSSR count). The predicted molar refractivity (Wildman–Crippen MR) is 221 cm³/mol. The molecule has 8 N–H and O–H groups in total. The number of rotatable bonds is 11. The molecule has 0 saturated carbocycles. The summed E-state index contributed by atoms with van der Waals surface area (Å²) in [6.45, 7) is 19.6. The maximum atomic E-state index is 13.4. The van der Waals surface area contributed by atoms with Crippen LogP contribution in [0.25, 0.3) is 16.7 Å². The second kappa shape index (κ2) is 17.9. The standard InChI is InChI=1S/C21H27F2N3.C21H29N7O/c1-21(2,3)16-8-15(9-20(10-16)26-6-4-24-5-7-26)14-25-19-12-17(22)11-18(23)13-19;1-21(2,3)17-11-15-13-28(20(29)27-18(15)26-17)16-7-5-14(6-8-16)12-24-9-4-10-25-19(22)23/h8-13,24-25H,4-7,14H2,1-3H3;5-8,11,13,24H,4,9-10,12H2,1-3H3,(H4,22,23,25)(H,26,27,29). The Labute approximate surface area is 322 Å². The number of piperazine rings is 1. The van der Waals surface area contributed by atoms with Crippen LogP contribution < -0.4 is 38.0 Å². The van der Waals surface area contributed by atoms with Crippen molar-refractivity contribution in [2.45, 2.75) is 71.9 Å². The van der Waals surface area contributed by atoms with Gasteiger partial charge in [0, 0.05) is 85.9 Å². The molecule has 5 aromatic rings. The zero-order chi connectivity index (χ0) is 39.8. The summed E-state index contributed by atoms with van der Waals surface area (Å²) in [5.74, 6) is -1.02. The molecule has 0 spiro atoms. The highest BCUT2D eigenvalue weighted by Crippen LogP contribution is 2.29. The van der Waals surface area contributed by atoms with Gasteiger partial charge in [0.15, 0.2) is 5.96 Å². The van der Waals surface area contributed by atoms with E-state index >= 15 is 0 Å². The van der Waals surface area contributed by atoms with Gasteiger partial charge >= 0.3 is 5.69 Å².